The van der Waals surface area contributed by atoms with Gasteiger partial charge in [-0.15, -0.1) is 0 Å². The molecule has 0 unspecified atom stereocenters. The van der Waals surface area contributed by atoms with Crippen molar-refractivity contribution in [3.63, 3.8) is 0 Å². The van der Waals surface area contributed by atoms with E-state index >= 15 is 0 Å². The Balaban J connectivity index is 2.06. The van der Waals surface area contributed by atoms with Crippen molar-refractivity contribution in [3.8, 4) is 0 Å². The van der Waals surface area contributed by atoms with Crippen molar-refractivity contribution in [3.05, 3.63) is 30.4 Å². The predicted molar refractivity (Wildman–Crippen MR) is 78.2 cm³/mol. The number of rotatable bonds is 6. The summed E-state index contributed by atoms with van der Waals surface area (Å²) < 4.78 is 4.08. The minimum atomic E-state index is 0.0824. The Hall–Kier alpha value is -1.69. The summed E-state index contributed by atoms with van der Waals surface area (Å²) in [6.07, 6.45) is 6.50. The first-order valence-electron chi connectivity index (χ1n) is 7.11. The molecule has 1 N–H and O–H groups in total. The van der Waals surface area contributed by atoms with Crippen LogP contribution in [0.5, 0.6) is 0 Å². The van der Waals surface area contributed by atoms with Crippen LogP contribution in [0.2, 0.25) is 0 Å². The zero-order valence-corrected chi connectivity index (χ0v) is 12.8. The summed E-state index contributed by atoms with van der Waals surface area (Å²) in [5.41, 5.74) is 0.0824. The lowest BCUT2D eigenvalue weighted by molar-refractivity contribution is 0.412. The summed E-state index contributed by atoms with van der Waals surface area (Å²) in [7, 11) is 0. The Morgan fingerprint density at radius 1 is 1.20 bits per heavy atom. The van der Waals surface area contributed by atoms with Gasteiger partial charge in [0.25, 0.3) is 0 Å². The number of imidazole rings is 1. The molecule has 0 aliphatic heterocycles. The van der Waals surface area contributed by atoms with Crippen LogP contribution < -0.4 is 5.32 Å². The smallest absolute Gasteiger partial charge is 0.146 e. The van der Waals surface area contributed by atoms with Gasteiger partial charge in [0.1, 0.15) is 18.0 Å². The number of aryl methyl sites for hydroxylation is 1. The van der Waals surface area contributed by atoms with E-state index in [9.17, 15) is 0 Å². The van der Waals surface area contributed by atoms with Gasteiger partial charge in [-0.3, -0.25) is 0 Å². The van der Waals surface area contributed by atoms with Gasteiger partial charge in [0.15, 0.2) is 0 Å². The molecular weight excluding hydrogens is 252 g/mol. The molecule has 0 fully saturated rings. The second kappa shape index (κ2) is 6.17. The third kappa shape index (κ3) is 3.90. The Morgan fingerprint density at radius 3 is 2.70 bits per heavy atom. The van der Waals surface area contributed by atoms with Gasteiger partial charge in [-0.25, -0.2) is 14.6 Å². The van der Waals surface area contributed by atoms with E-state index in [1.165, 1.54) is 0 Å². The summed E-state index contributed by atoms with van der Waals surface area (Å²) in [5.74, 6) is 1.99. The van der Waals surface area contributed by atoms with E-state index in [2.05, 4.69) is 52.6 Å². The molecule has 6 nitrogen and oxygen atoms in total. The molecule has 0 aliphatic rings. The summed E-state index contributed by atoms with van der Waals surface area (Å²) >= 11 is 0. The highest BCUT2D eigenvalue weighted by Crippen LogP contribution is 2.06. The van der Waals surface area contributed by atoms with Crippen molar-refractivity contribution in [2.45, 2.75) is 59.3 Å². The number of aromatic nitrogens is 5. The third-order valence-electron chi connectivity index (χ3n) is 3.02. The molecule has 0 amide bonds. The van der Waals surface area contributed by atoms with E-state index < -0.39 is 0 Å². The highest BCUT2D eigenvalue weighted by molar-refractivity contribution is 4.98. The lowest BCUT2D eigenvalue weighted by atomic mass is 10.1. The fraction of sp³-hybridized carbons (Fsp3) is 0.643. The molecule has 0 spiro atoms. The number of hydrogen-bond donors (Lipinski definition) is 1. The third-order valence-corrected chi connectivity index (χ3v) is 3.02. The molecule has 0 saturated heterocycles. The average Bonchev–Trinajstić information content (AvgIpc) is 2.97. The van der Waals surface area contributed by atoms with E-state index in [1.807, 2.05) is 17.1 Å². The molecule has 0 aromatic carbocycles. The molecule has 0 bridgehead atoms. The number of nitrogens with zero attached hydrogens (tertiary/aromatic N) is 5. The van der Waals surface area contributed by atoms with Gasteiger partial charge in [0, 0.05) is 24.5 Å². The van der Waals surface area contributed by atoms with Gasteiger partial charge in [0.05, 0.1) is 13.1 Å². The zero-order valence-electron chi connectivity index (χ0n) is 12.8. The van der Waals surface area contributed by atoms with Crippen LogP contribution >= 0.6 is 0 Å². The molecule has 0 saturated carbocycles. The van der Waals surface area contributed by atoms with Crippen molar-refractivity contribution in [1.29, 1.82) is 0 Å². The van der Waals surface area contributed by atoms with Gasteiger partial charge < -0.3 is 9.88 Å². The maximum Gasteiger partial charge on any atom is 0.146 e. The summed E-state index contributed by atoms with van der Waals surface area (Å²) in [6.45, 7) is 11.0. The lowest BCUT2D eigenvalue weighted by Crippen LogP contribution is -2.36. The molecule has 0 aliphatic carbocycles. The second-order valence-electron chi connectivity index (χ2n) is 5.97. The van der Waals surface area contributed by atoms with Crippen LogP contribution in [-0.4, -0.2) is 29.9 Å². The van der Waals surface area contributed by atoms with Crippen LogP contribution in [0, 0.1) is 0 Å². The first-order valence-corrected chi connectivity index (χ1v) is 7.11. The molecule has 2 aromatic rings. The van der Waals surface area contributed by atoms with Crippen LogP contribution in [0.1, 0.15) is 45.8 Å². The van der Waals surface area contributed by atoms with Crippen LogP contribution in [0.15, 0.2) is 18.7 Å². The van der Waals surface area contributed by atoms with Gasteiger partial charge >= 0.3 is 0 Å². The van der Waals surface area contributed by atoms with Gasteiger partial charge in [-0.1, -0.05) is 6.92 Å². The monoisotopic (exact) mass is 276 g/mol. The number of hydrogen-bond acceptors (Lipinski definition) is 4. The Bertz CT molecular complexity index is 534. The first kappa shape index (κ1) is 14.7. The molecular formula is C14H24N6. The van der Waals surface area contributed by atoms with Crippen LogP contribution in [0.3, 0.4) is 0 Å². The molecule has 0 atom stereocenters. The SMILES string of the molecule is CCCn1ncnc1Cn1ccnc1CNC(C)(C)C. The fourth-order valence-electron chi connectivity index (χ4n) is 1.96. The van der Waals surface area contributed by atoms with Crippen LogP contribution in [0.4, 0.5) is 0 Å². The van der Waals surface area contributed by atoms with E-state index in [1.54, 1.807) is 6.33 Å². The minimum absolute atomic E-state index is 0.0824. The van der Waals surface area contributed by atoms with E-state index in [4.69, 9.17) is 0 Å². The van der Waals surface area contributed by atoms with Crippen molar-refractivity contribution in [2.75, 3.05) is 0 Å². The van der Waals surface area contributed by atoms with Gasteiger partial charge in [-0.05, 0) is 27.2 Å². The fourth-order valence-corrected chi connectivity index (χ4v) is 1.96. The van der Waals surface area contributed by atoms with E-state index in [0.29, 0.717) is 6.54 Å². The van der Waals surface area contributed by atoms with Crippen molar-refractivity contribution >= 4 is 0 Å². The molecule has 2 aromatic heterocycles. The largest absolute Gasteiger partial charge is 0.326 e. The maximum atomic E-state index is 4.42. The topological polar surface area (TPSA) is 60.6 Å². The molecule has 6 heteroatoms. The predicted octanol–water partition coefficient (Wildman–Crippen LogP) is 1.82. The zero-order chi connectivity index (χ0) is 14.6. The summed E-state index contributed by atoms with van der Waals surface area (Å²) in [4.78, 5) is 8.76. The highest BCUT2D eigenvalue weighted by Gasteiger charge is 2.12. The second-order valence-corrected chi connectivity index (χ2v) is 5.97. The first-order chi connectivity index (χ1) is 9.49. The quantitative estimate of drug-likeness (QED) is 0.874. The molecule has 20 heavy (non-hydrogen) atoms. The van der Waals surface area contributed by atoms with Crippen molar-refractivity contribution in [1.82, 2.24) is 29.6 Å². The molecule has 2 rings (SSSR count). The van der Waals surface area contributed by atoms with Crippen LogP contribution in [0.25, 0.3) is 0 Å². The molecule has 110 valence electrons. The summed E-state index contributed by atoms with van der Waals surface area (Å²) in [5, 5.41) is 7.72. The normalized spacial score (nSPS) is 12.0. The summed E-state index contributed by atoms with van der Waals surface area (Å²) in [6, 6.07) is 0. The van der Waals surface area contributed by atoms with Crippen molar-refractivity contribution < 1.29 is 0 Å². The Kier molecular flexibility index (Phi) is 4.54. The standard InChI is InChI=1S/C14H24N6/c1-5-7-20-13(16-11-18-20)10-19-8-6-15-12(19)9-17-14(2,3)4/h6,8,11,17H,5,7,9-10H2,1-4H3. The Labute approximate surface area is 120 Å². The van der Waals surface area contributed by atoms with Gasteiger partial charge in [0.2, 0.25) is 0 Å². The Morgan fingerprint density at radius 2 is 2.00 bits per heavy atom. The minimum Gasteiger partial charge on any atom is -0.326 e. The van der Waals surface area contributed by atoms with E-state index in [0.717, 1.165) is 31.2 Å². The molecule has 0 radical (unpaired) electrons. The number of nitrogens with one attached hydrogen (secondary N) is 1. The highest BCUT2D eigenvalue weighted by atomic mass is 15.3. The van der Waals surface area contributed by atoms with Gasteiger partial charge in [-0.2, -0.15) is 5.10 Å². The average molecular weight is 276 g/mol. The maximum absolute atomic E-state index is 4.42. The lowest BCUT2D eigenvalue weighted by Gasteiger charge is -2.20. The van der Waals surface area contributed by atoms with E-state index in [-0.39, 0.29) is 5.54 Å². The van der Waals surface area contributed by atoms with Crippen LogP contribution in [-0.2, 0) is 19.6 Å². The van der Waals surface area contributed by atoms with Crippen molar-refractivity contribution in [2.24, 2.45) is 0 Å². The molecule has 2 heterocycles.